The second kappa shape index (κ2) is 11.7. The molecule has 2 atom stereocenters. The third-order valence-corrected chi connectivity index (χ3v) is 3.84. The first-order valence-electron chi connectivity index (χ1n) is 7.97. The van der Waals surface area contributed by atoms with Crippen molar-refractivity contribution in [3.8, 4) is 0 Å². The lowest BCUT2D eigenvalue weighted by Crippen LogP contribution is -2.08. The fourth-order valence-electron chi connectivity index (χ4n) is 2.22. The van der Waals surface area contributed by atoms with Crippen molar-refractivity contribution in [1.82, 2.24) is 0 Å². The van der Waals surface area contributed by atoms with E-state index in [1.807, 2.05) is 0 Å². The van der Waals surface area contributed by atoms with Crippen molar-refractivity contribution in [3.63, 3.8) is 0 Å². The van der Waals surface area contributed by atoms with Crippen molar-refractivity contribution in [2.24, 2.45) is 11.8 Å². The van der Waals surface area contributed by atoms with E-state index in [1.165, 1.54) is 24.8 Å². The molecule has 0 fully saturated rings. The van der Waals surface area contributed by atoms with Crippen molar-refractivity contribution in [2.45, 2.75) is 72.6 Å². The molecule has 0 aliphatic rings. The Hall–Kier alpha value is -1.05. The first-order valence-corrected chi connectivity index (χ1v) is 7.97. The summed E-state index contributed by atoms with van der Waals surface area (Å²) in [6.45, 7) is 8.34. The fraction of sp³-hybridized carbons (Fsp3) is 0.722. The lowest BCUT2D eigenvalue weighted by Gasteiger charge is -2.09. The quantitative estimate of drug-likeness (QED) is 0.500. The van der Waals surface area contributed by atoms with E-state index >= 15 is 0 Å². The summed E-state index contributed by atoms with van der Waals surface area (Å²) in [5.41, 5.74) is 1.41. The van der Waals surface area contributed by atoms with Crippen molar-refractivity contribution in [3.05, 3.63) is 23.8 Å². The topological polar surface area (TPSA) is 37.3 Å². The summed E-state index contributed by atoms with van der Waals surface area (Å²) in [4.78, 5) is 10.7. The molecule has 0 aromatic carbocycles. The molecule has 0 aromatic heterocycles. The van der Waals surface area contributed by atoms with Crippen LogP contribution in [-0.2, 0) is 4.79 Å². The van der Waals surface area contributed by atoms with Crippen LogP contribution in [0, 0.1) is 11.8 Å². The maximum Gasteiger partial charge on any atom is 0.306 e. The molecular formula is C18H32O2. The predicted octanol–water partition coefficient (Wildman–Crippen LogP) is 5.60. The highest BCUT2D eigenvalue weighted by molar-refractivity contribution is 5.69. The van der Waals surface area contributed by atoms with Gasteiger partial charge in [0.2, 0.25) is 0 Å². The van der Waals surface area contributed by atoms with E-state index in [0.29, 0.717) is 0 Å². The summed E-state index contributed by atoms with van der Waals surface area (Å²) >= 11 is 0. The molecule has 116 valence electrons. The molecule has 0 aliphatic carbocycles. The van der Waals surface area contributed by atoms with Crippen LogP contribution in [0.4, 0.5) is 0 Å². The zero-order chi connectivity index (χ0) is 15.4. The number of hydrogen-bond donors (Lipinski definition) is 1. The third-order valence-electron chi connectivity index (χ3n) is 3.84. The molecule has 2 nitrogen and oxygen atoms in total. The average molecular weight is 280 g/mol. The van der Waals surface area contributed by atoms with E-state index in [0.717, 1.165) is 31.6 Å². The number of aliphatic carboxylic acids is 1. The number of carboxylic acid groups (broad SMARTS) is 1. The van der Waals surface area contributed by atoms with Gasteiger partial charge < -0.3 is 5.11 Å². The van der Waals surface area contributed by atoms with Crippen molar-refractivity contribution in [1.29, 1.82) is 0 Å². The zero-order valence-corrected chi connectivity index (χ0v) is 13.7. The van der Waals surface area contributed by atoms with Gasteiger partial charge in [-0.1, -0.05) is 37.6 Å². The first kappa shape index (κ1) is 18.9. The fourth-order valence-corrected chi connectivity index (χ4v) is 2.22. The third kappa shape index (κ3) is 10.8. The van der Waals surface area contributed by atoms with Gasteiger partial charge in [0, 0.05) is 0 Å². The van der Waals surface area contributed by atoms with Crippen molar-refractivity contribution >= 4 is 5.97 Å². The zero-order valence-electron chi connectivity index (χ0n) is 13.7. The average Bonchev–Trinajstić information content (AvgIpc) is 2.38. The summed E-state index contributed by atoms with van der Waals surface area (Å²) in [6.07, 6.45) is 14.3. The Morgan fingerprint density at radius 2 is 1.80 bits per heavy atom. The van der Waals surface area contributed by atoms with Crippen molar-refractivity contribution < 1.29 is 9.90 Å². The Morgan fingerprint density at radius 1 is 1.15 bits per heavy atom. The van der Waals surface area contributed by atoms with Crippen LogP contribution >= 0.6 is 0 Å². The van der Waals surface area contributed by atoms with Crippen LogP contribution in [0.5, 0.6) is 0 Å². The van der Waals surface area contributed by atoms with Gasteiger partial charge in [0.1, 0.15) is 0 Å². The van der Waals surface area contributed by atoms with Crippen LogP contribution < -0.4 is 0 Å². The molecule has 0 aliphatic heterocycles. The molecule has 0 heterocycles. The first-order chi connectivity index (χ1) is 9.47. The highest BCUT2D eigenvalue weighted by Gasteiger charge is 2.09. The molecule has 0 radical (unpaired) electrons. The van der Waals surface area contributed by atoms with Gasteiger partial charge in [-0.3, -0.25) is 4.79 Å². The molecule has 0 amide bonds. The molecular weight excluding hydrogens is 248 g/mol. The van der Waals surface area contributed by atoms with Gasteiger partial charge in [-0.05, 0) is 64.7 Å². The Balaban J connectivity index is 3.72. The highest BCUT2D eigenvalue weighted by atomic mass is 16.4. The summed E-state index contributed by atoms with van der Waals surface area (Å²) in [6, 6.07) is 0. The number of carboxylic acids is 1. The van der Waals surface area contributed by atoms with E-state index in [2.05, 4.69) is 39.0 Å². The standard InChI is InChI=1S/C18H32O2/c1-5-6-7-10-15(2)11-8-12-16(3)13-9-14-17(4)18(19)20/h5-6,12,15,17H,7-11,13-14H2,1-4H3,(H,19,20)/b6-5-,16-12+. The minimum Gasteiger partial charge on any atom is -0.481 e. The molecule has 0 rings (SSSR count). The van der Waals surface area contributed by atoms with Crippen LogP contribution in [0.1, 0.15) is 72.6 Å². The lowest BCUT2D eigenvalue weighted by atomic mass is 9.97. The number of allylic oxidation sites excluding steroid dienone is 4. The predicted molar refractivity (Wildman–Crippen MR) is 86.9 cm³/mol. The van der Waals surface area contributed by atoms with Gasteiger partial charge in [0.25, 0.3) is 0 Å². The molecule has 0 saturated carbocycles. The largest absolute Gasteiger partial charge is 0.481 e. The van der Waals surface area contributed by atoms with Crippen LogP contribution in [0.2, 0.25) is 0 Å². The van der Waals surface area contributed by atoms with Gasteiger partial charge in [0.05, 0.1) is 5.92 Å². The molecule has 0 spiro atoms. The molecule has 2 unspecified atom stereocenters. The molecule has 0 aromatic rings. The SMILES string of the molecule is C/C=C\CCC(C)CC/C=C(\C)CCCC(C)C(=O)O. The summed E-state index contributed by atoms with van der Waals surface area (Å²) in [5.74, 6) is -0.113. The smallest absolute Gasteiger partial charge is 0.306 e. The lowest BCUT2D eigenvalue weighted by molar-refractivity contribution is -0.141. The van der Waals surface area contributed by atoms with E-state index < -0.39 is 5.97 Å². The molecule has 1 N–H and O–H groups in total. The molecule has 0 bridgehead atoms. The minimum absolute atomic E-state index is 0.213. The van der Waals surface area contributed by atoms with E-state index in [9.17, 15) is 4.79 Å². The molecule has 0 saturated heterocycles. The van der Waals surface area contributed by atoms with Gasteiger partial charge in [-0.2, -0.15) is 0 Å². The van der Waals surface area contributed by atoms with Gasteiger partial charge in [-0.25, -0.2) is 0 Å². The van der Waals surface area contributed by atoms with Crippen molar-refractivity contribution in [2.75, 3.05) is 0 Å². The summed E-state index contributed by atoms with van der Waals surface area (Å²) in [7, 11) is 0. The van der Waals surface area contributed by atoms with Gasteiger partial charge in [0.15, 0.2) is 0 Å². The maximum atomic E-state index is 10.7. The highest BCUT2D eigenvalue weighted by Crippen LogP contribution is 2.17. The maximum absolute atomic E-state index is 10.7. The van der Waals surface area contributed by atoms with Crippen LogP contribution in [0.25, 0.3) is 0 Å². The minimum atomic E-state index is -0.679. The van der Waals surface area contributed by atoms with Crippen LogP contribution in [0.15, 0.2) is 23.8 Å². The summed E-state index contributed by atoms with van der Waals surface area (Å²) in [5, 5.41) is 8.82. The molecule has 2 heteroatoms. The van der Waals surface area contributed by atoms with E-state index in [-0.39, 0.29) is 5.92 Å². The monoisotopic (exact) mass is 280 g/mol. The van der Waals surface area contributed by atoms with E-state index in [1.54, 1.807) is 6.92 Å². The number of hydrogen-bond acceptors (Lipinski definition) is 1. The van der Waals surface area contributed by atoms with Gasteiger partial charge in [-0.15, -0.1) is 0 Å². The van der Waals surface area contributed by atoms with Crippen LogP contribution in [-0.4, -0.2) is 11.1 Å². The number of carbonyl (C=O) groups is 1. The van der Waals surface area contributed by atoms with E-state index in [4.69, 9.17) is 5.11 Å². The normalized spacial score (nSPS) is 15.5. The van der Waals surface area contributed by atoms with Crippen LogP contribution in [0.3, 0.4) is 0 Å². The second-order valence-corrected chi connectivity index (χ2v) is 6.01. The Morgan fingerprint density at radius 3 is 2.40 bits per heavy atom. The Kier molecular flexibility index (Phi) is 11.1. The Labute approximate surface area is 125 Å². The molecule has 20 heavy (non-hydrogen) atoms. The van der Waals surface area contributed by atoms with Gasteiger partial charge >= 0.3 is 5.97 Å². The second-order valence-electron chi connectivity index (χ2n) is 6.01. The summed E-state index contributed by atoms with van der Waals surface area (Å²) < 4.78 is 0. The Bertz CT molecular complexity index is 315. The number of rotatable bonds is 11.